The zero-order chi connectivity index (χ0) is 14.8. The van der Waals surface area contributed by atoms with E-state index in [-0.39, 0.29) is 11.7 Å². The van der Waals surface area contributed by atoms with Crippen LogP contribution < -0.4 is 5.32 Å². The Kier molecular flexibility index (Phi) is 7.63. The smallest absolute Gasteiger partial charge is 0.224 e. The lowest BCUT2D eigenvalue weighted by molar-refractivity contribution is -0.116. The van der Waals surface area contributed by atoms with Gasteiger partial charge in [-0.1, -0.05) is 39.0 Å². The summed E-state index contributed by atoms with van der Waals surface area (Å²) in [6.07, 6.45) is 7.66. The number of nitrogens with one attached hydrogen (secondary N) is 1. The van der Waals surface area contributed by atoms with E-state index in [1.165, 1.54) is 32.6 Å². The summed E-state index contributed by atoms with van der Waals surface area (Å²) in [5, 5.41) is 2.86. The molecule has 0 atom stereocenters. The minimum absolute atomic E-state index is 0.0370. The van der Waals surface area contributed by atoms with Gasteiger partial charge in [0.15, 0.2) is 5.78 Å². The average Bonchev–Trinajstić information content (AvgIpc) is 2.43. The van der Waals surface area contributed by atoms with Crippen molar-refractivity contribution in [2.75, 3.05) is 5.32 Å². The summed E-state index contributed by atoms with van der Waals surface area (Å²) in [5.41, 5.74) is 1.42. The maximum Gasteiger partial charge on any atom is 0.224 e. The first kappa shape index (κ1) is 16.4. The first-order valence-corrected chi connectivity index (χ1v) is 7.54. The highest BCUT2D eigenvalue weighted by atomic mass is 16.1. The van der Waals surface area contributed by atoms with Crippen molar-refractivity contribution in [1.29, 1.82) is 0 Å². The number of carbonyl (C=O) groups excluding carboxylic acids is 2. The number of hydrogen-bond acceptors (Lipinski definition) is 2. The zero-order valence-electron chi connectivity index (χ0n) is 12.6. The van der Waals surface area contributed by atoms with Gasteiger partial charge in [-0.05, 0) is 37.6 Å². The van der Waals surface area contributed by atoms with Gasteiger partial charge in [0.2, 0.25) is 5.91 Å². The molecule has 0 aliphatic carbocycles. The van der Waals surface area contributed by atoms with Crippen LogP contribution in [-0.4, -0.2) is 11.7 Å². The van der Waals surface area contributed by atoms with Crippen LogP contribution in [0.25, 0.3) is 0 Å². The molecule has 0 fully saturated rings. The number of benzene rings is 1. The summed E-state index contributed by atoms with van der Waals surface area (Å²) in [5.74, 6) is 0.0889. The molecule has 0 aliphatic heterocycles. The first-order valence-electron chi connectivity index (χ1n) is 7.54. The van der Waals surface area contributed by atoms with Gasteiger partial charge in [0.25, 0.3) is 0 Å². The Labute approximate surface area is 121 Å². The van der Waals surface area contributed by atoms with Crippen LogP contribution in [0.3, 0.4) is 0 Å². The lowest BCUT2D eigenvalue weighted by atomic mass is 10.1. The Morgan fingerprint density at radius 2 is 1.55 bits per heavy atom. The number of ketones is 1. The van der Waals surface area contributed by atoms with Gasteiger partial charge >= 0.3 is 0 Å². The predicted octanol–water partition coefficient (Wildman–Crippen LogP) is 4.58. The van der Waals surface area contributed by atoms with E-state index in [2.05, 4.69) is 12.2 Å². The molecule has 0 unspecified atom stereocenters. The molecule has 0 aliphatic rings. The molecule has 1 rings (SSSR count). The summed E-state index contributed by atoms with van der Waals surface area (Å²) >= 11 is 0. The van der Waals surface area contributed by atoms with Crippen molar-refractivity contribution in [1.82, 2.24) is 0 Å². The second kappa shape index (κ2) is 9.29. The second-order valence-corrected chi connectivity index (χ2v) is 5.20. The Bertz CT molecular complexity index is 423. The first-order chi connectivity index (χ1) is 9.63. The van der Waals surface area contributed by atoms with Crippen molar-refractivity contribution in [2.24, 2.45) is 0 Å². The molecule has 1 aromatic rings. The molecule has 1 aromatic carbocycles. The zero-order valence-corrected chi connectivity index (χ0v) is 12.6. The molecule has 0 radical (unpaired) electrons. The number of amides is 1. The molecular formula is C17H25NO2. The number of Topliss-reactive ketones (excluding diaryl/α,β-unsaturated/α-hetero) is 1. The third-order valence-corrected chi connectivity index (χ3v) is 3.33. The molecule has 1 N–H and O–H groups in total. The standard InChI is InChI=1S/C17H25NO2/c1-3-4-5-6-7-8-9-17(20)18-16-12-10-15(11-13-16)14(2)19/h10-13H,3-9H2,1-2H3,(H,18,20). The van der Waals surface area contributed by atoms with Crippen molar-refractivity contribution in [3.05, 3.63) is 29.8 Å². The van der Waals surface area contributed by atoms with Crippen molar-refractivity contribution in [3.63, 3.8) is 0 Å². The highest BCUT2D eigenvalue weighted by Crippen LogP contribution is 2.12. The maximum absolute atomic E-state index is 11.7. The van der Waals surface area contributed by atoms with Crippen LogP contribution in [0.2, 0.25) is 0 Å². The van der Waals surface area contributed by atoms with E-state index in [0.717, 1.165) is 18.5 Å². The van der Waals surface area contributed by atoms with Gasteiger partial charge in [-0.25, -0.2) is 0 Å². The van der Waals surface area contributed by atoms with Crippen LogP contribution in [0.4, 0.5) is 5.69 Å². The Morgan fingerprint density at radius 1 is 0.950 bits per heavy atom. The molecule has 20 heavy (non-hydrogen) atoms. The summed E-state index contributed by atoms with van der Waals surface area (Å²) < 4.78 is 0. The van der Waals surface area contributed by atoms with Crippen molar-refractivity contribution in [3.8, 4) is 0 Å². The van der Waals surface area contributed by atoms with Crippen molar-refractivity contribution >= 4 is 17.4 Å². The van der Waals surface area contributed by atoms with E-state index in [1.54, 1.807) is 24.3 Å². The van der Waals surface area contributed by atoms with Gasteiger partial charge in [-0.2, -0.15) is 0 Å². The van der Waals surface area contributed by atoms with E-state index in [0.29, 0.717) is 12.0 Å². The van der Waals surface area contributed by atoms with Crippen LogP contribution in [0.15, 0.2) is 24.3 Å². The molecule has 0 aromatic heterocycles. The highest BCUT2D eigenvalue weighted by molar-refractivity contribution is 5.95. The fourth-order valence-corrected chi connectivity index (χ4v) is 2.08. The maximum atomic E-state index is 11.7. The average molecular weight is 275 g/mol. The van der Waals surface area contributed by atoms with Gasteiger partial charge in [-0.15, -0.1) is 0 Å². The third kappa shape index (κ3) is 6.50. The summed E-state index contributed by atoms with van der Waals surface area (Å²) in [7, 11) is 0. The molecule has 0 spiro atoms. The topological polar surface area (TPSA) is 46.2 Å². The van der Waals surface area contributed by atoms with Crippen LogP contribution in [0.1, 0.15) is 69.2 Å². The molecule has 3 nitrogen and oxygen atoms in total. The Hall–Kier alpha value is -1.64. The number of unbranched alkanes of at least 4 members (excludes halogenated alkanes) is 5. The van der Waals surface area contributed by atoms with E-state index in [4.69, 9.17) is 0 Å². The minimum atomic E-state index is 0.0370. The lowest BCUT2D eigenvalue weighted by Crippen LogP contribution is -2.11. The molecule has 0 bridgehead atoms. The van der Waals surface area contributed by atoms with Crippen LogP contribution in [0.5, 0.6) is 0 Å². The molecule has 110 valence electrons. The molecule has 1 amide bonds. The summed E-state index contributed by atoms with van der Waals surface area (Å²) in [4.78, 5) is 22.9. The fourth-order valence-electron chi connectivity index (χ4n) is 2.08. The van der Waals surface area contributed by atoms with Crippen molar-refractivity contribution in [2.45, 2.75) is 58.8 Å². The quantitative estimate of drug-likeness (QED) is 0.529. The van der Waals surface area contributed by atoms with Crippen LogP contribution >= 0.6 is 0 Å². The van der Waals surface area contributed by atoms with Crippen LogP contribution in [-0.2, 0) is 4.79 Å². The van der Waals surface area contributed by atoms with Gasteiger partial charge in [0, 0.05) is 17.7 Å². The van der Waals surface area contributed by atoms with E-state index < -0.39 is 0 Å². The normalized spacial score (nSPS) is 10.3. The number of anilines is 1. The van der Waals surface area contributed by atoms with Gasteiger partial charge in [-0.3, -0.25) is 9.59 Å². The monoisotopic (exact) mass is 275 g/mol. The van der Waals surface area contributed by atoms with Gasteiger partial charge in [0.05, 0.1) is 0 Å². The molecule has 0 saturated carbocycles. The molecule has 0 saturated heterocycles. The van der Waals surface area contributed by atoms with E-state index in [9.17, 15) is 9.59 Å². The predicted molar refractivity (Wildman–Crippen MR) is 83.1 cm³/mol. The largest absolute Gasteiger partial charge is 0.326 e. The number of rotatable bonds is 9. The van der Waals surface area contributed by atoms with E-state index in [1.807, 2.05) is 0 Å². The highest BCUT2D eigenvalue weighted by Gasteiger charge is 2.03. The summed E-state index contributed by atoms with van der Waals surface area (Å²) in [6, 6.07) is 7.02. The SMILES string of the molecule is CCCCCCCCC(=O)Nc1ccc(C(C)=O)cc1. The molecule has 3 heteroatoms. The summed E-state index contributed by atoms with van der Waals surface area (Å²) in [6.45, 7) is 3.73. The molecular weight excluding hydrogens is 250 g/mol. The second-order valence-electron chi connectivity index (χ2n) is 5.20. The number of hydrogen-bond donors (Lipinski definition) is 1. The fraction of sp³-hybridized carbons (Fsp3) is 0.529. The number of carbonyl (C=O) groups is 2. The van der Waals surface area contributed by atoms with Crippen molar-refractivity contribution < 1.29 is 9.59 Å². The van der Waals surface area contributed by atoms with Gasteiger partial charge < -0.3 is 5.32 Å². The minimum Gasteiger partial charge on any atom is -0.326 e. The Morgan fingerprint density at radius 3 is 2.15 bits per heavy atom. The van der Waals surface area contributed by atoms with Gasteiger partial charge in [0.1, 0.15) is 0 Å². The Balaban J connectivity index is 2.23. The third-order valence-electron chi connectivity index (χ3n) is 3.33. The van der Waals surface area contributed by atoms with E-state index >= 15 is 0 Å². The van der Waals surface area contributed by atoms with Crippen LogP contribution in [0, 0.1) is 0 Å². The molecule has 0 heterocycles. The lowest BCUT2D eigenvalue weighted by Gasteiger charge is -2.06.